The second-order valence-corrected chi connectivity index (χ2v) is 10.1. The van der Waals surface area contributed by atoms with Crippen LogP contribution in [-0.4, -0.2) is 45.5 Å². The number of benzene rings is 1. The van der Waals surface area contributed by atoms with E-state index in [2.05, 4.69) is 15.6 Å². The molecule has 1 atom stereocenters. The summed E-state index contributed by atoms with van der Waals surface area (Å²) in [6.45, 7) is 4.80. The first kappa shape index (κ1) is 27.0. The van der Waals surface area contributed by atoms with Crippen molar-refractivity contribution in [3.63, 3.8) is 0 Å². The molecule has 0 heterocycles. The normalized spacial score (nSPS) is 17.5. The van der Waals surface area contributed by atoms with Crippen molar-refractivity contribution in [1.29, 1.82) is 0 Å². The molecule has 0 saturated heterocycles. The Kier molecular flexibility index (Phi) is 9.91. The van der Waals surface area contributed by atoms with Crippen LogP contribution >= 0.6 is 24.0 Å². The standard InChI is InChI=1S/C20H30F3N3O2S.HI/c1-4-24-18(26-15(2)9-12-29(3,27)28)25-14-19(10-6-11-19)16-7-5-8-17(13-16)20(21,22)23;/h5,7-8,13,15H,4,6,9-12,14H2,1-3H3,(H2,24,25,26);1H. The van der Waals surface area contributed by atoms with E-state index < -0.39 is 21.6 Å². The molecule has 30 heavy (non-hydrogen) atoms. The Labute approximate surface area is 194 Å². The quantitative estimate of drug-likeness (QED) is 0.285. The lowest BCUT2D eigenvalue weighted by Crippen LogP contribution is -2.45. The van der Waals surface area contributed by atoms with Gasteiger partial charge in [0.25, 0.3) is 0 Å². The van der Waals surface area contributed by atoms with E-state index in [4.69, 9.17) is 0 Å². The van der Waals surface area contributed by atoms with E-state index in [1.165, 1.54) is 18.4 Å². The summed E-state index contributed by atoms with van der Waals surface area (Å²) in [6, 6.07) is 5.43. The van der Waals surface area contributed by atoms with Crippen LogP contribution in [0, 0.1) is 0 Å². The van der Waals surface area contributed by atoms with Gasteiger partial charge in [-0.25, -0.2) is 8.42 Å². The van der Waals surface area contributed by atoms with Gasteiger partial charge in [-0.15, -0.1) is 24.0 Å². The average Bonchev–Trinajstić information content (AvgIpc) is 2.58. The van der Waals surface area contributed by atoms with E-state index in [0.29, 0.717) is 31.0 Å². The van der Waals surface area contributed by atoms with Crippen molar-refractivity contribution in [2.45, 2.75) is 57.2 Å². The molecule has 1 saturated carbocycles. The van der Waals surface area contributed by atoms with Gasteiger partial charge in [0.15, 0.2) is 5.96 Å². The summed E-state index contributed by atoms with van der Waals surface area (Å²) in [5.74, 6) is 0.626. The van der Waals surface area contributed by atoms with Gasteiger partial charge >= 0.3 is 6.18 Å². The van der Waals surface area contributed by atoms with E-state index in [9.17, 15) is 21.6 Å². The molecule has 1 aromatic carbocycles. The number of rotatable bonds is 8. The number of alkyl halides is 3. The Morgan fingerprint density at radius 1 is 1.30 bits per heavy atom. The van der Waals surface area contributed by atoms with E-state index in [0.717, 1.165) is 25.3 Å². The summed E-state index contributed by atoms with van der Waals surface area (Å²) in [5.41, 5.74) is -0.354. The maximum atomic E-state index is 13.1. The smallest absolute Gasteiger partial charge is 0.357 e. The summed E-state index contributed by atoms with van der Waals surface area (Å²) in [5, 5.41) is 6.32. The van der Waals surface area contributed by atoms with Crippen molar-refractivity contribution < 1.29 is 21.6 Å². The highest BCUT2D eigenvalue weighted by molar-refractivity contribution is 14.0. The molecule has 10 heteroatoms. The van der Waals surface area contributed by atoms with Crippen LogP contribution in [0.15, 0.2) is 29.3 Å². The number of aliphatic imine (C=N–C) groups is 1. The minimum atomic E-state index is -4.37. The molecule has 1 aliphatic rings. The minimum absolute atomic E-state index is 0. The Hall–Kier alpha value is -1.04. The van der Waals surface area contributed by atoms with Crippen LogP contribution in [0.1, 0.15) is 50.7 Å². The van der Waals surface area contributed by atoms with E-state index in [1.807, 2.05) is 13.8 Å². The average molecular weight is 561 g/mol. The molecule has 2 N–H and O–H groups in total. The van der Waals surface area contributed by atoms with Gasteiger partial charge in [0.1, 0.15) is 9.84 Å². The van der Waals surface area contributed by atoms with Gasteiger partial charge in [0, 0.05) is 24.3 Å². The predicted octanol–water partition coefficient (Wildman–Crippen LogP) is 4.12. The molecule has 1 unspecified atom stereocenters. The summed E-state index contributed by atoms with van der Waals surface area (Å²) in [7, 11) is -3.04. The first-order chi connectivity index (χ1) is 13.5. The van der Waals surface area contributed by atoms with Crippen LogP contribution < -0.4 is 10.6 Å². The number of guanidine groups is 1. The zero-order valence-corrected chi connectivity index (χ0v) is 20.7. The van der Waals surface area contributed by atoms with Crippen LogP contribution in [0.4, 0.5) is 13.2 Å². The molecule has 0 aromatic heterocycles. The predicted molar refractivity (Wildman–Crippen MR) is 125 cm³/mol. The fraction of sp³-hybridized carbons (Fsp3) is 0.650. The highest BCUT2D eigenvalue weighted by Crippen LogP contribution is 2.45. The number of hydrogen-bond donors (Lipinski definition) is 2. The molecule has 2 rings (SSSR count). The Balaban J connectivity index is 0.00000450. The highest BCUT2D eigenvalue weighted by Gasteiger charge is 2.40. The molecule has 1 aliphatic carbocycles. The van der Waals surface area contributed by atoms with Crippen LogP contribution in [-0.2, 0) is 21.4 Å². The zero-order valence-electron chi connectivity index (χ0n) is 17.6. The largest absolute Gasteiger partial charge is 0.416 e. The van der Waals surface area contributed by atoms with E-state index in [-0.39, 0.29) is 41.2 Å². The fourth-order valence-electron chi connectivity index (χ4n) is 3.41. The summed E-state index contributed by atoms with van der Waals surface area (Å²) < 4.78 is 62.0. The molecule has 0 radical (unpaired) electrons. The Morgan fingerprint density at radius 2 is 1.97 bits per heavy atom. The second kappa shape index (κ2) is 11.0. The van der Waals surface area contributed by atoms with Crippen LogP contribution in [0.3, 0.4) is 0 Å². The van der Waals surface area contributed by atoms with Crippen molar-refractivity contribution >= 4 is 39.8 Å². The van der Waals surface area contributed by atoms with Gasteiger partial charge in [-0.05, 0) is 44.7 Å². The molecular weight excluding hydrogens is 530 g/mol. The van der Waals surface area contributed by atoms with Crippen molar-refractivity contribution in [2.75, 3.05) is 25.1 Å². The monoisotopic (exact) mass is 561 g/mol. The minimum Gasteiger partial charge on any atom is -0.357 e. The van der Waals surface area contributed by atoms with E-state index >= 15 is 0 Å². The van der Waals surface area contributed by atoms with Crippen molar-refractivity contribution in [1.82, 2.24) is 10.6 Å². The first-order valence-corrected chi connectivity index (χ1v) is 11.9. The topological polar surface area (TPSA) is 70.6 Å². The molecular formula is C20H31F3IN3O2S. The van der Waals surface area contributed by atoms with Gasteiger partial charge in [-0.2, -0.15) is 13.2 Å². The first-order valence-electron chi connectivity index (χ1n) is 9.85. The molecule has 0 aliphatic heterocycles. The van der Waals surface area contributed by atoms with Crippen LogP contribution in [0.25, 0.3) is 0 Å². The lowest BCUT2D eigenvalue weighted by atomic mass is 9.64. The summed E-state index contributed by atoms with van der Waals surface area (Å²) in [4.78, 5) is 4.62. The number of hydrogen-bond acceptors (Lipinski definition) is 3. The van der Waals surface area contributed by atoms with Crippen molar-refractivity contribution in [3.8, 4) is 0 Å². The number of sulfone groups is 1. The van der Waals surface area contributed by atoms with Gasteiger partial charge in [-0.1, -0.05) is 24.6 Å². The van der Waals surface area contributed by atoms with E-state index in [1.54, 1.807) is 6.07 Å². The summed E-state index contributed by atoms with van der Waals surface area (Å²) >= 11 is 0. The third-order valence-corrected chi connectivity index (χ3v) is 6.28. The molecule has 5 nitrogen and oxygen atoms in total. The van der Waals surface area contributed by atoms with Gasteiger partial charge in [0.05, 0.1) is 17.9 Å². The Morgan fingerprint density at radius 3 is 2.47 bits per heavy atom. The number of nitrogens with one attached hydrogen (secondary N) is 2. The van der Waals surface area contributed by atoms with Crippen molar-refractivity contribution in [3.05, 3.63) is 35.4 Å². The molecule has 0 spiro atoms. The van der Waals surface area contributed by atoms with Gasteiger partial charge < -0.3 is 10.6 Å². The Bertz CT molecular complexity index is 825. The number of halogens is 4. The molecule has 1 fully saturated rings. The molecule has 0 amide bonds. The third kappa shape index (κ3) is 7.90. The molecule has 172 valence electrons. The van der Waals surface area contributed by atoms with Gasteiger partial charge in [-0.3, -0.25) is 4.99 Å². The SMILES string of the molecule is CCNC(=NCC1(c2cccc(C(F)(F)F)c2)CCC1)NC(C)CCS(C)(=O)=O.I. The summed E-state index contributed by atoms with van der Waals surface area (Å²) in [6.07, 6.45) is -0.172. The van der Waals surface area contributed by atoms with Gasteiger partial charge in [0.2, 0.25) is 0 Å². The fourth-order valence-corrected chi connectivity index (χ4v) is 4.20. The van der Waals surface area contributed by atoms with Crippen molar-refractivity contribution in [2.24, 2.45) is 4.99 Å². The lowest BCUT2D eigenvalue weighted by Gasteiger charge is -2.41. The number of nitrogens with zero attached hydrogens (tertiary/aromatic N) is 1. The highest BCUT2D eigenvalue weighted by atomic mass is 127. The maximum absolute atomic E-state index is 13.1. The van der Waals surface area contributed by atoms with Crippen LogP contribution in [0.2, 0.25) is 0 Å². The van der Waals surface area contributed by atoms with Crippen LogP contribution in [0.5, 0.6) is 0 Å². The second-order valence-electron chi connectivity index (χ2n) is 7.87. The zero-order chi connectivity index (χ0) is 21.7. The molecule has 1 aromatic rings. The molecule has 0 bridgehead atoms. The third-order valence-electron chi connectivity index (χ3n) is 5.30. The lowest BCUT2D eigenvalue weighted by molar-refractivity contribution is -0.137. The maximum Gasteiger partial charge on any atom is 0.416 e.